The van der Waals surface area contributed by atoms with Crippen molar-refractivity contribution in [2.75, 3.05) is 24.6 Å². The van der Waals surface area contributed by atoms with Crippen molar-refractivity contribution in [1.82, 2.24) is 14.3 Å². The molecular formula is C20H18N4O3. The predicted octanol–water partition coefficient (Wildman–Crippen LogP) is 2.49. The van der Waals surface area contributed by atoms with E-state index in [0.717, 1.165) is 22.5 Å². The van der Waals surface area contributed by atoms with Crippen molar-refractivity contribution in [2.24, 2.45) is 0 Å². The number of hydrogen-bond acceptors (Lipinski definition) is 4. The van der Waals surface area contributed by atoms with Crippen LogP contribution in [0.1, 0.15) is 21.6 Å². The molecule has 0 saturated carbocycles. The molecule has 2 aliphatic heterocycles. The molecule has 0 spiro atoms. The van der Waals surface area contributed by atoms with Crippen molar-refractivity contribution in [3.63, 3.8) is 0 Å². The molecule has 1 aromatic carbocycles. The quantitative estimate of drug-likeness (QED) is 0.702. The van der Waals surface area contributed by atoms with Gasteiger partial charge in [0, 0.05) is 25.5 Å². The maximum absolute atomic E-state index is 13.1. The van der Waals surface area contributed by atoms with Gasteiger partial charge >= 0.3 is 6.09 Å². The lowest BCUT2D eigenvalue weighted by molar-refractivity contribution is 0.0727. The molecule has 0 aliphatic carbocycles. The number of aromatic nitrogens is 2. The van der Waals surface area contributed by atoms with Gasteiger partial charge in [-0.3, -0.25) is 14.1 Å². The van der Waals surface area contributed by atoms with Crippen LogP contribution in [0.25, 0.3) is 5.65 Å². The van der Waals surface area contributed by atoms with Gasteiger partial charge in [0.2, 0.25) is 0 Å². The summed E-state index contributed by atoms with van der Waals surface area (Å²) in [5.74, 6) is -0.0183. The van der Waals surface area contributed by atoms with E-state index in [4.69, 9.17) is 4.74 Å². The molecule has 3 aromatic rings. The zero-order chi connectivity index (χ0) is 18.4. The van der Waals surface area contributed by atoms with Gasteiger partial charge in [0.15, 0.2) is 0 Å². The largest absolute Gasteiger partial charge is 0.447 e. The predicted molar refractivity (Wildman–Crippen MR) is 98.8 cm³/mol. The van der Waals surface area contributed by atoms with Crippen molar-refractivity contribution < 1.29 is 14.3 Å². The Morgan fingerprint density at radius 2 is 2.00 bits per heavy atom. The van der Waals surface area contributed by atoms with E-state index in [1.165, 1.54) is 0 Å². The van der Waals surface area contributed by atoms with Gasteiger partial charge in [-0.15, -0.1) is 0 Å². The fourth-order valence-corrected chi connectivity index (χ4v) is 3.91. The second-order valence-corrected chi connectivity index (χ2v) is 6.72. The number of ether oxygens (including phenoxy) is 1. The number of anilines is 1. The maximum atomic E-state index is 13.1. The minimum absolute atomic E-state index is 0.0183. The van der Waals surface area contributed by atoms with Crippen molar-refractivity contribution in [2.45, 2.75) is 13.0 Å². The number of imidazole rings is 1. The summed E-state index contributed by atoms with van der Waals surface area (Å²) in [7, 11) is 0. The SMILES string of the molecule is O=C(c1cccc2nccn12)N1CCc2c(cccc2N2CCOC2=O)C1. The molecule has 0 radical (unpaired) electrons. The highest BCUT2D eigenvalue weighted by Gasteiger charge is 2.30. The molecule has 136 valence electrons. The number of cyclic esters (lactones) is 1. The molecule has 4 heterocycles. The van der Waals surface area contributed by atoms with E-state index >= 15 is 0 Å². The Morgan fingerprint density at radius 3 is 2.85 bits per heavy atom. The molecule has 7 heteroatoms. The van der Waals surface area contributed by atoms with E-state index < -0.39 is 0 Å². The summed E-state index contributed by atoms with van der Waals surface area (Å²) >= 11 is 0. The Hall–Kier alpha value is -3.35. The first-order valence-electron chi connectivity index (χ1n) is 8.99. The summed E-state index contributed by atoms with van der Waals surface area (Å²) in [5.41, 5.74) is 4.46. The highest BCUT2D eigenvalue weighted by molar-refractivity contribution is 5.94. The van der Waals surface area contributed by atoms with Crippen LogP contribution in [0, 0.1) is 0 Å². The van der Waals surface area contributed by atoms with Crippen LogP contribution in [0.4, 0.5) is 10.5 Å². The lowest BCUT2D eigenvalue weighted by atomic mass is 9.97. The van der Waals surface area contributed by atoms with E-state index in [-0.39, 0.29) is 12.0 Å². The number of pyridine rings is 1. The smallest absolute Gasteiger partial charge is 0.414 e. The first-order chi connectivity index (χ1) is 13.2. The zero-order valence-corrected chi connectivity index (χ0v) is 14.7. The summed E-state index contributed by atoms with van der Waals surface area (Å²) in [6.07, 6.45) is 3.91. The van der Waals surface area contributed by atoms with Crippen LogP contribution in [0.2, 0.25) is 0 Å². The number of nitrogens with zero attached hydrogens (tertiary/aromatic N) is 4. The number of carbonyl (C=O) groups excluding carboxylic acids is 2. The molecule has 1 saturated heterocycles. The van der Waals surface area contributed by atoms with Gasteiger partial charge in [0.1, 0.15) is 17.9 Å². The molecule has 1 fully saturated rings. The lowest BCUT2D eigenvalue weighted by Gasteiger charge is -2.31. The van der Waals surface area contributed by atoms with Crippen LogP contribution >= 0.6 is 0 Å². The van der Waals surface area contributed by atoms with Gasteiger partial charge in [-0.2, -0.15) is 0 Å². The summed E-state index contributed by atoms with van der Waals surface area (Å²) in [4.78, 5) is 32.8. The molecule has 27 heavy (non-hydrogen) atoms. The standard InChI is InChI=1S/C20H18N4O3/c25-19(17-5-2-6-18-21-8-10-23(17)18)22-9-7-15-14(13-22)3-1-4-16(15)24-11-12-27-20(24)26/h1-6,8,10H,7,9,11-13H2. The molecular weight excluding hydrogens is 344 g/mol. The Morgan fingerprint density at radius 1 is 1.11 bits per heavy atom. The Kier molecular flexibility index (Phi) is 3.60. The Labute approximate surface area is 155 Å². The van der Waals surface area contributed by atoms with Crippen molar-refractivity contribution in [1.29, 1.82) is 0 Å². The number of carbonyl (C=O) groups is 2. The van der Waals surface area contributed by atoms with Gasteiger partial charge in [-0.05, 0) is 35.7 Å². The van der Waals surface area contributed by atoms with Crippen LogP contribution in [0.5, 0.6) is 0 Å². The number of fused-ring (bicyclic) bond motifs is 2. The van der Waals surface area contributed by atoms with Gasteiger partial charge in [-0.1, -0.05) is 18.2 Å². The number of amides is 2. The monoisotopic (exact) mass is 362 g/mol. The third-order valence-electron chi connectivity index (χ3n) is 5.23. The van der Waals surface area contributed by atoms with Crippen LogP contribution in [-0.2, 0) is 17.7 Å². The van der Waals surface area contributed by atoms with Gasteiger partial charge in [0.25, 0.3) is 5.91 Å². The summed E-state index contributed by atoms with van der Waals surface area (Å²) in [6, 6.07) is 11.5. The molecule has 2 aliphatic rings. The third kappa shape index (κ3) is 2.54. The van der Waals surface area contributed by atoms with Crippen molar-refractivity contribution in [3.05, 3.63) is 65.6 Å². The van der Waals surface area contributed by atoms with Gasteiger partial charge in [-0.25, -0.2) is 9.78 Å². The molecule has 5 rings (SSSR count). The molecule has 2 aromatic heterocycles. The van der Waals surface area contributed by atoms with E-state index in [1.807, 2.05) is 45.7 Å². The van der Waals surface area contributed by atoms with Crippen molar-refractivity contribution in [3.8, 4) is 0 Å². The highest BCUT2D eigenvalue weighted by Crippen LogP contribution is 2.31. The van der Waals surface area contributed by atoms with Crippen LogP contribution in [0.3, 0.4) is 0 Å². The maximum Gasteiger partial charge on any atom is 0.414 e. The first kappa shape index (κ1) is 15.9. The van der Waals surface area contributed by atoms with Crippen LogP contribution < -0.4 is 4.90 Å². The minimum atomic E-state index is -0.298. The molecule has 7 nitrogen and oxygen atoms in total. The van der Waals surface area contributed by atoms with E-state index in [2.05, 4.69) is 4.98 Å². The summed E-state index contributed by atoms with van der Waals surface area (Å²) in [5, 5.41) is 0. The van der Waals surface area contributed by atoms with Crippen molar-refractivity contribution >= 4 is 23.3 Å². The second kappa shape index (κ2) is 6.12. The molecule has 0 bridgehead atoms. The zero-order valence-electron chi connectivity index (χ0n) is 14.7. The normalized spacial score (nSPS) is 16.5. The fourth-order valence-electron chi connectivity index (χ4n) is 3.91. The lowest BCUT2D eigenvalue weighted by Crippen LogP contribution is -2.37. The van der Waals surface area contributed by atoms with E-state index in [9.17, 15) is 9.59 Å². The van der Waals surface area contributed by atoms with Crippen LogP contribution in [0.15, 0.2) is 48.8 Å². The van der Waals surface area contributed by atoms with E-state index in [1.54, 1.807) is 17.3 Å². The Balaban J connectivity index is 1.45. The number of benzene rings is 1. The number of hydrogen-bond donors (Lipinski definition) is 0. The highest BCUT2D eigenvalue weighted by atomic mass is 16.6. The van der Waals surface area contributed by atoms with Crippen LogP contribution in [-0.4, -0.2) is 46.0 Å². The van der Waals surface area contributed by atoms with Gasteiger partial charge in [0.05, 0.1) is 12.2 Å². The molecule has 2 amide bonds. The van der Waals surface area contributed by atoms with E-state index in [0.29, 0.717) is 38.4 Å². The molecule has 0 atom stereocenters. The third-order valence-corrected chi connectivity index (χ3v) is 5.23. The summed E-state index contributed by atoms with van der Waals surface area (Å²) in [6.45, 7) is 2.12. The molecule has 0 unspecified atom stereocenters. The fraction of sp³-hybridized carbons (Fsp3) is 0.250. The van der Waals surface area contributed by atoms with Gasteiger partial charge < -0.3 is 9.64 Å². The first-order valence-corrected chi connectivity index (χ1v) is 8.99. The summed E-state index contributed by atoms with van der Waals surface area (Å²) < 4.78 is 6.89. The second-order valence-electron chi connectivity index (χ2n) is 6.72. The average molecular weight is 362 g/mol. The molecule has 0 N–H and O–H groups in total. The average Bonchev–Trinajstić information content (AvgIpc) is 3.35. The minimum Gasteiger partial charge on any atom is -0.447 e. The number of rotatable bonds is 2. The Bertz CT molecular complexity index is 1060. The topological polar surface area (TPSA) is 67.2 Å².